The summed E-state index contributed by atoms with van der Waals surface area (Å²) in [5, 5.41) is 0.654. The Labute approximate surface area is 101 Å². The molecule has 0 atom stereocenters. The molecule has 0 spiro atoms. The van der Waals surface area contributed by atoms with Gasteiger partial charge < -0.3 is 4.90 Å². The summed E-state index contributed by atoms with van der Waals surface area (Å²) in [6.07, 6.45) is 0. The number of urea groups is 1. The highest BCUT2D eigenvalue weighted by Gasteiger charge is 2.29. The Morgan fingerprint density at radius 2 is 1.94 bits per heavy atom. The standard InChI is InChI=1S/C12H15ClN2O/c1-8-6-9(2)11(10(13)7-8)15-5-4-14(3)12(15)16/h6-7H,4-5H2,1-3H3. The van der Waals surface area contributed by atoms with Gasteiger partial charge in [-0.1, -0.05) is 17.7 Å². The molecular weight excluding hydrogens is 224 g/mol. The van der Waals surface area contributed by atoms with E-state index in [4.69, 9.17) is 11.6 Å². The van der Waals surface area contributed by atoms with Crippen molar-refractivity contribution in [3.8, 4) is 0 Å². The van der Waals surface area contributed by atoms with Crippen molar-refractivity contribution in [3.05, 3.63) is 28.3 Å². The number of benzene rings is 1. The molecule has 2 amide bonds. The van der Waals surface area contributed by atoms with E-state index in [0.29, 0.717) is 11.6 Å². The second kappa shape index (κ2) is 3.98. The zero-order valence-corrected chi connectivity index (χ0v) is 10.5. The van der Waals surface area contributed by atoms with E-state index in [1.807, 2.05) is 26.0 Å². The van der Waals surface area contributed by atoms with Gasteiger partial charge in [-0.15, -0.1) is 0 Å². The van der Waals surface area contributed by atoms with Gasteiger partial charge in [0.05, 0.1) is 10.7 Å². The lowest BCUT2D eigenvalue weighted by molar-refractivity contribution is 0.229. The molecule has 2 rings (SSSR count). The van der Waals surface area contributed by atoms with Crippen molar-refractivity contribution < 1.29 is 4.79 Å². The Morgan fingerprint density at radius 1 is 1.25 bits per heavy atom. The molecule has 1 saturated heterocycles. The summed E-state index contributed by atoms with van der Waals surface area (Å²) in [7, 11) is 1.81. The Hall–Kier alpha value is -1.22. The number of nitrogens with zero attached hydrogens (tertiary/aromatic N) is 2. The summed E-state index contributed by atoms with van der Waals surface area (Å²) < 4.78 is 0. The third-order valence-electron chi connectivity index (χ3n) is 2.88. The highest BCUT2D eigenvalue weighted by molar-refractivity contribution is 6.34. The first-order chi connectivity index (χ1) is 7.50. The van der Waals surface area contributed by atoms with Crippen LogP contribution in [0.4, 0.5) is 10.5 Å². The van der Waals surface area contributed by atoms with Crippen LogP contribution >= 0.6 is 11.6 Å². The number of likely N-dealkylation sites (N-methyl/N-ethyl adjacent to an activating group) is 1. The molecule has 0 saturated carbocycles. The molecule has 4 heteroatoms. The fraction of sp³-hybridized carbons (Fsp3) is 0.417. The maximum Gasteiger partial charge on any atom is 0.324 e. The molecule has 86 valence electrons. The van der Waals surface area contributed by atoms with Crippen LogP contribution in [-0.2, 0) is 0 Å². The van der Waals surface area contributed by atoms with E-state index in [9.17, 15) is 4.79 Å². The second-order valence-electron chi connectivity index (χ2n) is 4.27. The van der Waals surface area contributed by atoms with Gasteiger partial charge in [0.25, 0.3) is 0 Å². The van der Waals surface area contributed by atoms with E-state index in [-0.39, 0.29) is 6.03 Å². The van der Waals surface area contributed by atoms with Gasteiger partial charge in [-0.05, 0) is 31.0 Å². The van der Waals surface area contributed by atoms with Crippen molar-refractivity contribution in [3.63, 3.8) is 0 Å². The van der Waals surface area contributed by atoms with Gasteiger partial charge in [0.2, 0.25) is 0 Å². The highest BCUT2D eigenvalue weighted by atomic mass is 35.5. The predicted octanol–water partition coefficient (Wildman–Crippen LogP) is 2.83. The summed E-state index contributed by atoms with van der Waals surface area (Å²) in [6, 6.07) is 3.97. The molecule has 0 radical (unpaired) electrons. The van der Waals surface area contributed by atoms with E-state index < -0.39 is 0 Å². The molecule has 1 aliphatic rings. The molecule has 1 fully saturated rings. The minimum atomic E-state index is 0.0221. The van der Waals surface area contributed by atoms with Crippen LogP contribution in [0.15, 0.2) is 12.1 Å². The molecule has 16 heavy (non-hydrogen) atoms. The second-order valence-corrected chi connectivity index (χ2v) is 4.68. The Morgan fingerprint density at radius 3 is 2.44 bits per heavy atom. The van der Waals surface area contributed by atoms with Crippen LogP contribution in [0.1, 0.15) is 11.1 Å². The largest absolute Gasteiger partial charge is 0.326 e. The number of halogens is 1. The van der Waals surface area contributed by atoms with Crippen LogP contribution in [0.2, 0.25) is 5.02 Å². The molecule has 0 aliphatic carbocycles. The summed E-state index contributed by atoms with van der Waals surface area (Å²) in [4.78, 5) is 15.3. The van der Waals surface area contributed by atoms with Crippen LogP contribution in [0.5, 0.6) is 0 Å². The molecule has 1 aromatic rings. The van der Waals surface area contributed by atoms with Gasteiger partial charge in [-0.3, -0.25) is 4.90 Å². The lowest BCUT2D eigenvalue weighted by Gasteiger charge is -2.20. The van der Waals surface area contributed by atoms with Crippen molar-refractivity contribution >= 4 is 23.3 Å². The lowest BCUT2D eigenvalue weighted by Crippen LogP contribution is -2.29. The normalized spacial score (nSPS) is 16.1. The van der Waals surface area contributed by atoms with E-state index >= 15 is 0 Å². The summed E-state index contributed by atoms with van der Waals surface area (Å²) >= 11 is 6.22. The van der Waals surface area contributed by atoms with Crippen molar-refractivity contribution in [2.45, 2.75) is 13.8 Å². The fourth-order valence-electron chi connectivity index (χ4n) is 2.10. The SMILES string of the molecule is Cc1cc(C)c(N2CCN(C)C2=O)c(Cl)c1. The maximum atomic E-state index is 11.9. The van der Waals surface area contributed by atoms with Crippen LogP contribution in [0.25, 0.3) is 0 Å². The number of hydrogen-bond acceptors (Lipinski definition) is 1. The predicted molar refractivity (Wildman–Crippen MR) is 66.3 cm³/mol. The zero-order chi connectivity index (χ0) is 11.9. The third kappa shape index (κ3) is 1.76. The van der Waals surface area contributed by atoms with Gasteiger partial charge in [0.15, 0.2) is 0 Å². The summed E-state index contributed by atoms with van der Waals surface area (Å²) in [5.41, 5.74) is 3.02. The zero-order valence-electron chi connectivity index (χ0n) is 9.75. The van der Waals surface area contributed by atoms with Crippen LogP contribution in [0.3, 0.4) is 0 Å². The molecule has 1 aliphatic heterocycles. The Kier molecular flexibility index (Phi) is 2.80. The summed E-state index contributed by atoms with van der Waals surface area (Å²) in [6.45, 7) is 5.45. The highest BCUT2D eigenvalue weighted by Crippen LogP contribution is 2.32. The molecule has 0 aromatic heterocycles. The van der Waals surface area contributed by atoms with Crippen molar-refractivity contribution in [1.29, 1.82) is 0 Å². The topological polar surface area (TPSA) is 23.6 Å². The Bertz CT molecular complexity index is 422. The van der Waals surface area contributed by atoms with Crippen molar-refractivity contribution in [2.75, 3.05) is 25.0 Å². The average Bonchev–Trinajstić information content (AvgIpc) is 2.48. The number of rotatable bonds is 1. The minimum absolute atomic E-state index is 0.0221. The number of amides is 2. The first-order valence-electron chi connectivity index (χ1n) is 5.30. The van der Waals surface area contributed by atoms with Gasteiger partial charge in [-0.2, -0.15) is 0 Å². The molecular formula is C12H15ClN2O. The molecule has 0 bridgehead atoms. The third-order valence-corrected chi connectivity index (χ3v) is 3.17. The van der Waals surface area contributed by atoms with Gasteiger partial charge in [0, 0.05) is 20.1 Å². The van der Waals surface area contributed by atoms with Gasteiger partial charge in [0.1, 0.15) is 0 Å². The number of carbonyl (C=O) groups is 1. The first kappa shape index (κ1) is 11.3. The number of anilines is 1. The van der Waals surface area contributed by atoms with Crippen molar-refractivity contribution in [2.24, 2.45) is 0 Å². The number of carbonyl (C=O) groups excluding carboxylic acids is 1. The maximum absolute atomic E-state index is 11.9. The van der Waals surface area contributed by atoms with E-state index in [1.54, 1.807) is 16.8 Å². The molecule has 0 N–H and O–H groups in total. The molecule has 0 unspecified atom stereocenters. The van der Waals surface area contributed by atoms with E-state index in [1.165, 1.54) is 0 Å². The van der Waals surface area contributed by atoms with Gasteiger partial charge in [-0.25, -0.2) is 4.79 Å². The molecule has 3 nitrogen and oxygen atoms in total. The number of aryl methyl sites for hydroxylation is 2. The van der Waals surface area contributed by atoms with Crippen LogP contribution in [-0.4, -0.2) is 31.1 Å². The summed E-state index contributed by atoms with van der Waals surface area (Å²) in [5.74, 6) is 0. The minimum Gasteiger partial charge on any atom is -0.326 e. The van der Waals surface area contributed by atoms with Crippen LogP contribution < -0.4 is 4.90 Å². The lowest BCUT2D eigenvalue weighted by atomic mass is 10.1. The fourth-order valence-corrected chi connectivity index (χ4v) is 2.53. The van der Waals surface area contributed by atoms with Crippen LogP contribution in [0, 0.1) is 13.8 Å². The van der Waals surface area contributed by atoms with Crippen molar-refractivity contribution in [1.82, 2.24) is 4.90 Å². The molecule has 1 aromatic carbocycles. The van der Waals surface area contributed by atoms with E-state index in [2.05, 4.69) is 0 Å². The first-order valence-corrected chi connectivity index (χ1v) is 5.68. The monoisotopic (exact) mass is 238 g/mol. The average molecular weight is 239 g/mol. The molecule has 1 heterocycles. The van der Waals surface area contributed by atoms with E-state index in [0.717, 1.165) is 23.4 Å². The smallest absolute Gasteiger partial charge is 0.324 e. The van der Waals surface area contributed by atoms with Gasteiger partial charge >= 0.3 is 6.03 Å². The quantitative estimate of drug-likeness (QED) is 0.738. The Balaban J connectivity index is 2.45. The number of hydrogen-bond donors (Lipinski definition) is 0.